The number of sulfone groups is 1. The number of ether oxygens (including phenoxy) is 1. The fraction of sp³-hybridized carbons (Fsp3) is 0.455. The molecule has 5 heteroatoms. The predicted molar refractivity (Wildman–Crippen MR) is 59.4 cm³/mol. The highest BCUT2D eigenvalue weighted by molar-refractivity contribution is 7.91. The fourth-order valence-corrected chi connectivity index (χ4v) is 2.84. The van der Waals surface area contributed by atoms with E-state index < -0.39 is 9.84 Å². The van der Waals surface area contributed by atoms with Gasteiger partial charge in [-0.05, 0) is 36.6 Å². The van der Waals surface area contributed by atoms with Crippen LogP contribution < -0.4 is 4.74 Å². The second-order valence-electron chi connectivity index (χ2n) is 3.76. The molecule has 1 aliphatic rings. The molecule has 0 aromatic heterocycles. The molecular formula is C11H14O4S. The van der Waals surface area contributed by atoms with Crippen molar-refractivity contribution in [3.63, 3.8) is 0 Å². The lowest BCUT2D eigenvalue weighted by molar-refractivity contribution is 0.288. The van der Waals surface area contributed by atoms with E-state index in [1.807, 2.05) is 0 Å². The summed E-state index contributed by atoms with van der Waals surface area (Å²) in [6, 6.07) is 4.88. The molecule has 0 saturated heterocycles. The van der Waals surface area contributed by atoms with Crippen LogP contribution in [0.15, 0.2) is 23.1 Å². The van der Waals surface area contributed by atoms with Crippen LogP contribution in [0.4, 0.5) is 0 Å². The Hall–Kier alpha value is -1.07. The molecule has 0 radical (unpaired) electrons. The molecule has 1 aliphatic heterocycles. The van der Waals surface area contributed by atoms with Gasteiger partial charge in [-0.25, -0.2) is 8.42 Å². The Balaban J connectivity index is 2.37. The van der Waals surface area contributed by atoms with Crippen LogP contribution in [0.2, 0.25) is 0 Å². The first kappa shape index (κ1) is 11.4. The van der Waals surface area contributed by atoms with Crippen molar-refractivity contribution in [2.24, 2.45) is 0 Å². The molecule has 4 nitrogen and oxygen atoms in total. The lowest BCUT2D eigenvalue weighted by Gasteiger charge is -2.17. The summed E-state index contributed by atoms with van der Waals surface area (Å²) in [5.74, 6) is 0.543. The summed E-state index contributed by atoms with van der Waals surface area (Å²) in [6.45, 7) is 0.339. The summed E-state index contributed by atoms with van der Waals surface area (Å²) in [7, 11) is -3.35. The number of aliphatic hydroxyl groups is 1. The van der Waals surface area contributed by atoms with Crippen LogP contribution in [0.5, 0.6) is 5.75 Å². The molecule has 0 saturated carbocycles. The Morgan fingerprint density at radius 3 is 2.94 bits per heavy atom. The maximum absolute atomic E-state index is 11.7. The van der Waals surface area contributed by atoms with Crippen molar-refractivity contribution in [3.05, 3.63) is 23.8 Å². The van der Waals surface area contributed by atoms with Crippen LogP contribution in [0.3, 0.4) is 0 Å². The minimum absolute atomic E-state index is 0.230. The molecule has 0 atom stereocenters. The second-order valence-corrected chi connectivity index (χ2v) is 5.87. The van der Waals surface area contributed by atoms with Crippen molar-refractivity contribution >= 4 is 9.84 Å². The summed E-state index contributed by atoms with van der Waals surface area (Å²) in [6.07, 6.45) is 1.76. The first-order chi connectivity index (χ1) is 7.63. The molecule has 0 aliphatic carbocycles. The van der Waals surface area contributed by atoms with Crippen molar-refractivity contribution in [1.82, 2.24) is 0 Å². The Morgan fingerprint density at radius 1 is 1.38 bits per heavy atom. The van der Waals surface area contributed by atoms with E-state index in [2.05, 4.69) is 0 Å². The van der Waals surface area contributed by atoms with Crippen molar-refractivity contribution in [1.29, 1.82) is 0 Å². The first-order valence-corrected chi connectivity index (χ1v) is 6.88. The van der Waals surface area contributed by atoms with Crippen molar-refractivity contribution in [2.75, 3.05) is 19.0 Å². The van der Waals surface area contributed by atoms with Gasteiger partial charge in [0.1, 0.15) is 5.75 Å². The monoisotopic (exact) mass is 242 g/mol. The third-order valence-electron chi connectivity index (χ3n) is 2.60. The lowest BCUT2D eigenvalue weighted by atomic mass is 10.1. The van der Waals surface area contributed by atoms with Crippen LogP contribution in [0.25, 0.3) is 0 Å². The number of fused-ring (bicyclic) bond motifs is 1. The van der Waals surface area contributed by atoms with Gasteiger partial charge in [0.05, 0.1) is 23.9 Å². The zero-order valence-corrected chi connectivity index (χ0v) is 9.66. The standard InChI is InChI=1S/C11H14O4S/c12-5-7-16(13,14)10-3-4-11-9(8-10)2-1-6-15-11/h3-4,8,12H,1-2,5-7H2. The Labute approximate surface area is 94.8 Å². The van der Waals surface area contributed by atoms with E-state index in [9.17, 15) is 8.42 Å². The van der Waals surface area contributed by atoms with Crippen molar-refractivity contribution in [3.8, 4) is 5.75 Å². The molecule has 1 heterocycles. The maximum Gasteiger partial charge on any atom is 0.180 e. The Morgan fingerprint density at radius 2 is 2.19 bits per heavy atom. The summed E-state index contributed by atoms with van der Waals surface area (Å²) < 4.78 is 28.8. The highest BCUT2D eigenvalue weighted by Crippen LogP contribution is 2.27. The van der Waals surface area contributed by atoms with Gasteiger partial charge in [0.15, 0.2) is 9.84 Å². The number of benzene rings is 1. The molecule has 0 amide bonds. The van der Waals surface area contributed by atoms with E-state index in [1.54, 1.807) is 12.1 Å². The third kappa shape index (κ3) is 2.20. The maximum atomic E-state index is 11.7. The lowest BCUT2D eigenvalue weighted by Crippen LogP contribution is -2.13. The normalized spacial score (nSPS) is 15.3. The molecule has 88 valence electrons. The number of rotatable bonds is 3. The van der Waals surface area contributed by atoms with Crippen LogP contribution >= 0.6 is 0 Å². The summed E-state index contributed by atoms with van der Waals surface area (Å²) in [5, 5.41) is 8.70. The average Bonchev–Trinajstić information content (AvgIpc) is 2.28. The molecule has 0 fully saturated rings. The van der Waals surface area contributed by atoms with Gasteiger partial charge in [-0.15, -0.1) is 0 Å². The zero-order chi connectivity index (χ0) is 11.6. The van der Waals surface area contributed by atoms with Crippen LogP contribution in [0, 0.1) is 0 Å². The van der Waals surface area contributed by atoms with Gasteiger partial charge >= 0.3 is 0 Å². The minimum Gasteiger partial charge on any atom is -0.493 e. The van der Waals surface area contributed by atoms with Gasteiger partial charge in [0.25, 0.3) is 0 Å². The zero-order valence-electron chi connectivity index (χ0n) is 8.85. The molecule has 16 heavy (non-hydrogen) atoms. The van der Waals surface area contributed by atoms with E-state index in [1.165, 1.54) is 6.07 Å². The fourth-order valence-electron chi connectivity index (χ4n) is 1.77. The SMILES string of the molecule is O=S(=O)(CCO)c1ccc2c(c1)CCCO2. The molecule has 1 aromatic carbocycles. The number of hydrogen-bond acceptors (Lipinski definition) is 4. The number of aliphatic hydroxyl groups excluding tert-OH is 1. The highest BCUT2D eigenvalue weighted by atomic mass is 32.2. The Kier molecular flexibility index (Phi) is 3.16. The van der Waals surface area contributed by atoms with E-state index in [0.29, 0.717) is 6.61 Å². The summed E-state index contributed by atoms with van der Waals surface area (Å²) in [5.41, 5.74) is 0.935. The highest BCUT2D eigenvalue weighted by Gasteiger charge is 2.17. The molecule has 0 unspecified atom stereocenters. The minimum atomic E-state index is -3.35. The quantitative estimate of drug-likeness (QED) is 0.850. The second kappa shape index (κ2) is 4.43. The number of aryl methyl sites for hydroxylation is 1. The van der Waals surface area contributed by atoms with E-state index >= 15 is 0 Å². The van der Waals surface area contributed by atoms with Gasteiger partial charge in [-0.2, -0.15) is 0 Å². The summed E-state index contributed by atoms with van der Waals surface area (Å²) in [4.78, 5) is 0.269. The Bertz CT molecular complexity index is 479. The van der Waals surface area contributed by atoms with Crippen molar-refractivity contribution < 1.29 is 18.3 Å². The summed E-state index contributed by atoms with van der Waals surface area (Å²) >= 11 is 0. The molecule has 2 rings (SSSR count). The molecular weight excluding hydrogens is 228 g/mol. The smallest absolute Gasteiger partial charge is 0.180 e. The van der Waals surface area contributed by atoms with Gasteiger partial charge in [-0.1, -0.05) is 0 Å². The van der Waals surface area contributed by atoms with Gasteiger partial charge in [0.2, 0.25) is 0 Å². The molecule has 1 N–H and O–H groups in total. The van der Waals surface area contributed by atoms with Crippen LogP contribution in [0.1, 0.15) is 12.0 Å². The van der Waals surface area contributed by atoms with Crippen LogP contribution in [-0.2, 0) is 16.3 Å². The first-order valence-electron chi connectivity index (χ1n) is 5.23. The van der Waals surface area contributed by atoms with Gasteiger partial charge in [-0.3, -0.25) is 0 Å². The van der Waals surface area contributed by atoms with Gasteiger partial charge in [0, 0.05) is 0 Å². The van der Waals surface area contributed by atoms with E-state index in [-0.39, 0.29) is 17.3 Å². The predicted octanol–water partition coefficient (Wildman–Crippen LogP) is 0.778. The van der Waals surface area contributed by atoms with Gasteiger partial charge < -0.3 is 9.84 Å². The average molecular weight is 242 g/mol. The molecule has 0 spiro atoms. The van der Waals surface area contributed by atoms with E-state index in [0.717, 1.165) is 24.2 Å². The topological polar surface area (TPSA) is 63.6 Å². The third-order valence-corrected chi connectivity index (χ3v) is 4.29. The van der Waals surface area contributed by atoms with Crippen LogP contribution in [-0.4, -0.2) is 32.5 Å². The van der Waals surface area contributed by atoms with Crippen molar-refractivity contribution in [2.45, 2.75) is 17.7 Å². The number of hydrogen-bond donors (Lipinski definition) is 1. The van der Waals surface area contributed by atoms with E-state index in [4.69, 9.17) is 9.84 Å². The molecule has 0 bridgehead atoms. The molecule has 1 aromatic rings. The largest absolute Gasteiger partial charge is 0.493 e.